The molecule has 1 fully saturated rings. The van der Waals surface area contributed by atoms with Gasteiger partial charge in [0.2, 0.25) is 0 Å². The van der Waals surface area contributed by atoms with E-state index in [2.05, 4.69) is 25.8 Å². The lowest BCUT2D eigenvalue weighted by Crippen LogP contribution is -2.38. The van der Waals surface area contributed by atoms with Crippen molar-refractivity contribution in [3.63, 3.8) is 0 Å². The zero-order valence-corrected chi connectivity index (χ0v) is 10.3. The van der Waals surface area contributed by atoms with Gasteiger partial charge in [0.15, 0.2) is 0 Å². The number of hydrogen-bond acceptors (Lipinski definition) is 3. The number of piperidine rings is 1. The summed E-state index contributed by atoms with van der Waals surface area (Å²) in [7, 11) is 2.09. The van der Waals surface area contributed by atoms with E-state index in [1.165, 1.54) is 0 Å². The zero-order valence-electron chi connectivity index (χ0n) is 10.3. The van der Waals surface area contributed by atoms with Crippen LogP contribution in [-0.2, 0) is 4.79 Å². The smallest absolute Gasteiger partial charge is 0.137 e. The molecule has 0 amide bonds. The molecule has 0 saturated carbocycles. The van der Waals surface area contributed by atoms with Crippen LogP contribution in [0.4, 0.5) is 0 Å². The van der Waals surface area contributed by atoms with Crippen molar-refractivity contribution in [1.29, 1.82) is 0 Å². The second kappa shape index (κ2) is 5.08. The lowest BCUT2D eigenvalue weighted by molar-refractivity contribution is -0.126. The highest BCUT2D eigenvalue weighted by Gasteiger charge is 2.28. The van der Waals surface area contributed by atoms with E-state index >= 15 is 0 Å². The van der Waals surface area contributed by atoms with Crippen LogP contribution in [0.2, 0.25) is 0 Å². The van der Waals surface area contributed by atoms with Gasteiger partial charge in [-0.15, -0.1) is 0 Å². The van der Waals surface area contributed by atoms with E-state index in [4.69, 9.17) is 5.73 Å². The summed E-state index contributed by atoms with van der Waals surface area (Å²) >= 11 is 0. The number of carbonyl (C=O) groups is 1. The Labute approximate surface area is 93.0 Å². The van der Waals surface area contributed by atoms with Crippen molar-refractivity contribution >= 4 is 5.78 Å². The second-order valence-electron chi connectivity index (χ2n) is 5.61. The molecule has 15 heavy (non-hydrogen) atoms. The van der Waals surface area contributed by atoms with Crippen LogP contribution in [0.15, 0.2) is 0 Å². The maximum absolute atomic E-state index is 12.0. The molecule has 1 saturated heterocycles. The number of ketones is 1. The third kappa shape index (κ3) is 3.92. The van der Waals surface area contributed by atoms with Crippen molar-refractivity contribution in [2.24, 2.45) is 17.1 Å². The van der Waals surface area contributed by atoms with Gasteiger partial charge in [-0.2, -0.15) is 0 Å². The third-order valence-corrected chi connectivity index (χ3v) is 3.29. The Morgan fingerprint density at radius 1 is 1.53 bits per heavy atom. The minimum absolute atomic E-state index is 0.0346. The van der Waals surface area contributed by atoms with Crippen molar-refractivity contribution in [3.8, 4) is 0 Å². The minimum atomic E-state index is -0.0346. The van der Waals surface area contributed by atoms with Crippen LogP contribution in [0.5, 0.6) is 0 Å². The van der Waals surface area contributed by atoms with Gasteiger partial charge in [-0.25, -0.2) is 0 Å². The highest BCUT2D eigenvalue weighted by molar-refractivity contribution is 5.81. The summed E-state index contributed by atoms with van der Waals surface area (Å²) in [6.45, 7) is 6.78. The van der Waals surface area contributed by atoms with Gasteiger partial charge in [-0.1, -0.05) is 13.8 Å². The molecule has 3 heteroatoms. The van der Waals surface area contributed by atoms with E-state index in [0.717, 1.165) is 25.9 Å². The Morgan fingerprint density at radius 3 is 2.73 bits per heavy atom. The van der Waals surface area contributed by atoms with Crippen LogP contribution < -0.4 is 5.73 Å². The normalized spacial score (nSPS) is 24.1. The van der Waals surface area contributed by atoms with Crippen molar-refractivity contribution in [2.45, 2.75) is 33.1 Å². The molecule has 1 unspecified atom stereocenters. The Hall–Kier alpha value is -0.410. The second-order valence-corrected chi connectivity index (χ2v) is 5.61. The van der Waals surface area contributed by atoms with Crippen molar-refractivity contribution in [3.05, 3.63) is 0 Å². The van der Waals surface area contributed by atoms with Gasteiger partial charge < -0.3 is 10.6 Å². The summed E-state index contributed by atoms with van der Waals surface area (Å²) in [6, 6.07) is 0. The van der Waals surface area contributed by atoms with E-state index in [9.17, 15) is 4.79 Å². The molecule has 1 aliphatic heterocycles. The Kier molecular flexibility index (Phi) is 4.29. The van der Waals surface area contributed by atoms with Crippen LogP contribution in [0.25, 0.3) is 0 Å². The molecule has 3 nitrogen and oxygen atoms in total. The molecule has 0 aromatic carbocycles. The molecule has 0 spiro atoms. The van der Waals surface area contributed by atoms with E-state index in [1.807, 2.05) is 0 Å². The van der Waals surface area contributed by atoms with E-state index in [-0.39, 0.29) is 11.3 Å². The molecule has 0 radical (unpaired) electrons. The molecule has 1 atom stereocenters. The summed E-state index contributed by atoms with van der Waals surface area (Å²) in [6.07, 6.45) is 2.84. The number of likely N-dealkylation sites (tertiary alicyclic amines) is 1. The SMILES string of the molecule is CN1CCCC(C(=O)CC(C)(C)CN)C1. The van der Waals surface area contributed by atoms with E-state index in [1.54, 1.807) is 0 Å². The summed E-state index contributed by atoms with van der Waals surface area (Å²) in [5.41, 5.74) is 5.61. The quantitative estimate of drug-likeness (QED) is 0.763. The predicted octanol–water partition coefficient (Wildman–Crippen LogP) is 1.27. The van der Waals surface area contributed by atoms with Gasteiger partial charge in [-0.05, 0) is 38.4 Å². The molecule has 1 aliphatic rings. The molecular weight excluding hydrogens is 188 g/mol. The first-order valence-corrected chi connectivity index (χ1v) is 5.86. The van der Waals surface area contributed by atoms with Crippen molar-refractivity contribution in [2.75, 3.05) is 26.7 Å². The van der Waals surface area contributed by atoms with Crippen LogP contribution in [0, 0.1) is 11.3 Å². The summed E-state index contributed by atoms with van der Waals surface area (Å²) in [4.78, 5) is 14.3. The maximum Gasteiger partial charge on any atom is 0.137 e. The fraction of sp³-hybridized carbons (Fsp3) is 0.917. The van der Waals surface area contributed by atoms with Gasteiger partial charge in [0.05, 0.1) is 0 Å². The average Bonchev–Trinajstić information content (AvgIpc) is 2.17. The molecule has 0 aromatic heterocycles. The number of nitrogens with zero attached hydrogens (tertiary/aromatic N) is 1. The fourth-order valence-electron chi connectivity index (χ4n) is 2.12. The molecule has 0 aromatic rings. The van der Waals surface area contributed by atoms with Crippen molar-refractivity contribution < 1.29 is 4.79 Å². The number of Topliss-reactive ketones (excluding diaryl/α,β-unsaturated/α-hetero) is 1. The van der Waals surface area contributed by atoms with Crippen LogP contribution in [0.1, 0.15) is 33.1 Å². The number of nitrogens with two attached hydrogens (primary N) is 1. The van der Waals surface area contributed by atoms with Gasteiger partial charge in [0, 0.05) is 18.9 Å². The molecule has 0 aliphatic carbocycles. The molecular formula is C12H24N2O. The zero-order chi connectivity index (χ0) is 11.5. The molecule has 2 N–H and O–H groups in total. The van der Waals surface area contributed by atoms with Crippen molar-refractivity contribution in [1.82, 2.24) is 4.90 Å². The standard InChI is InChI=1S/C12H24N2O/c1-12(2,9-13)7-11(15)10-5-4-6-14(3)8-10/h10H,4-9,13H2,1-3H3. The summed E-state index contributed by atoms with van der Waals surface area (Å²) < 4.78 is 0. The lowest BCUT2D eigenvalue weighted by Gasteiger charge is -2.31. The first-order valence-electron chi connectivity index (χ1n) is 5.86. The molecule has 1 rings (SSSR count). The summed E-state index contributed by atoms with van der Waals surface area (Å²) in [5, 5.41) is 0. The van der Waals surface area contributed by atoms with Crippen LogP contribution >= 0.6 is 0 Å². The topological polar surface area (TPSA) is 46.3 Å². The molecule has 0 bridgehead atoms. The fourth-order valence-corrected chi connectivity index (χ4v) is 2.12. The van der Waals surface area contributed by atoms with Gasteiger partial charge in [-0.3, -0.25) is 4.79 Å². The average molecular weight is 212 g/mol. The monoisotopic (exact) mass is 212 g/mol. The van der Waals surface area contributed by atoms with E-state index < -0.39 is 0 Å². The first-order chi connectivity index (χ1) is 6.94. The Bertz CT molecular complexity index is 226. The van der Waals surface area contributed by atoms with E-state index in [0.29, 0.717) is 18.7 Å². The number of rotatable bonds is 4. The molecule has 88 valence electrons. The first kappa shape index (κ1) is 12.7. The Morgan fingerprint density at radius 2 is 2.20 bits per heavy atom. The summed E-state index contributed by atoms with van der Waals surface area (Å²) in [5.74, 6) is 0.645. The van der Waals surface area contributed by atoms with Crippen LogP contribution in [-0.4, -0.2) is 37.4 Å². The third-order valence-electron chi connectivity index (χ3n) is 3.29. The highest BCUT2D eigenvalue weighted by atomic mass is 16.1. The van der Waals surface area contributed by atoms with Gasteiger partial charge >= 0.3 is 0 Å². The molecule has 1 heterocycles. The van der Waals surface area contributed by atoms with Gasteiger partial charge in [0.25, 0.3) is 0 Å². The Balaban J connectivity index is 2.46. The number of hydrogen-bond donors (Lipinski definition) is 1. The van der Waals surface area contributed by atoms with Gasteiger partial charge in [0.1, 0.15) is 5.78 Å². The minimum Gasteiger partial charge on any atom is -0.330 e. The maximum atomic E-state index is 12.0. The predicted molar refractivity (Wildman–Crippen MR) is 62.7 cm³/mol. The number of carbonyl (C=O) groups excluding carboxylic acids is 1. The van der Waals surface area contributed by atoms with Crippen LogP contribution in [0.3, 0.4) is 0 Å². The highest BCUT2D eigenvalue weighted by Crippen LogP contribution is 2.24. The largest absolute Gasteiger partial charge is 0.330 e. The lowest BCUT2D eigenvalue weighted by atomic mass is 9.82.